The van der Waals surface area contributed by atoms with Crippen molar-refractivity contribution in [2.24, 2.45) is 0 Å². The number of rotatable bonds is 9. The topological polar surface area (TPSA) is 86.7 Å². The number of esters is 2. The first kappa shape index (κ1) is 24.3. The fourth-order valence-corrected chi connectivity index (χ4v) is 3.62. The first-order valence-electron chi connectivity index (χ1n) is 11.2. The van der Waals surface area contributed by atoms with Gasteiger partial charge < -0.3 is 9.47 Å². The van der Waals surface area contributed by atoms with Gasteiger partial charge in [-0.25, -0.2) is 9.59 Å². The molecule has 178 valence electrons. The van der Waals surface area contributed by atoms with Crippen molar-refractivity contribution in [1.29, 1.82) is 0 Å². The fraction of sp³-hybridized carbons (Fsp3) is 0.0667. The van der Waals surface area contributed by atoms with Crippen molar-refractivity contribution in [3.05, 3.63) is 131 Å². The van der Waals surface area contributed by atoms with Crippen molar-refractivity contribution < 1.29 is 28.7 Å². The standard InChI is InChI=1S/C30H22O6/c31-27(21-11-3-1-4-12-21)19-35-29(33)25-17-9-7-15-23(25)24-16-8-10-18-26(24)30(34)36-20-28(32)22-13-5-2-6-14-22/h1-18H,19-20H2. The number of carbonyl (C=O) groups excluding carboxylic acids is 4. The van der Waals surface area contributed by atoms with E-state index in [4.69, 9.17) is 9.47 Å². The Labute approximate surface area is 208 Å². The zero-order chi connectivity index (χ0) is 25.3. The van der Waals surface area contributed by atoms with E-state index in [1.807, 2.05) is 0 Å². The van der Waals surface area contributed by atoms with Crippen molar-refractivity contribution in [3.8, 4) is 11.1 Å². The van der Waals surface area contributed by atoms with Crippen LogP contribution < -0.4 is 0 Å². The van der Waals surface area contributed by atoms with Crippen LogP contribution in [0.25, 0.3) is 11.1 Å². The summed E-state index contributed by atoms with van der Waals surface area (Å²) in [5, 5.41) is 0. The van der Waals surface area contributed by atoms with E-state index in [2.05, 4.69) is 0 Å². The molecular weight excluding hydrogens is 456 g/mol. The summed E-state index contributed by atoms with van der Waals surface area (Å²) < 4.78 is 10.6. The summed E-state index contributed by atoms with van der Waals surface area (Å²) in [6.45, 7) is -0.828. The molecule has 0 fully saturated rings. The molecule has 0 aromatic heterocycles. The highest BCUT2D eigenvalue weighted by Gasteiger charge is 2.21. The highest BCUT2D eigenvalue weighted by molar-refractivity contribution is 6.05. The normalized spacial score (nSPS) is 10.3. The summed E-state index contributed by atoms with van der Waals surface area (Å²) in [4.78, 5) is 50.5. The van der Waals surface area contributed by atoms with Crippen LogP contribution in [-0.4, -0.2) is 36.7 Å². The van der Waals surface area contributed by atoms with Gasteiger partial charge in [-0.1, -0.05) is 97.1 Å². The lowest BCUT2D eigenvalue weighted by molar-refractivity contribution is 0.0470. The summed E-state index contributed by atoms with van der Waals surface area (Å²) in [6.07, 6.45) is 0. The van der Waals surface area contributed by atoms with E-state index in [1.54, 1.807) is 109 Å². The molecule has 0 heterocycles. The number of ether oxygens (including phenoxy) is 2. The molecule has 4 rings (SSSR count). The molecule has 0 unspecified atom stereocenters. The second-order valence-corrected chi connectivity index (χ2v) is 7.82. The summed E-state index contributed by atoms with van der Waals surface area (Å²) in [6, 6.07) is 30.3. The van der Waals surface area contributed by atoms with Crippen molar-refractivity contribution in [3.63, 3.8) is 0 Å². The molecule has 0 radical (unpaired) electrons. The van der Waals surface area contributed by atoms with Crippen LogP contribution in [0.4, 0.5) is 0 Å². The van der Waals surface area contributed by atoms with Crippen molar-refractivity contribution in [1.82, 2.24) is 0 Å². The van der Waals surface area contributed by atoms with Gasteiger partial charge >= 0.3 is 11.9 Å². The van der Waals surface area contributed by atoms with Gasteiger partial charge in [0.25, 0.3) is 0 Å². The largest absolute Gasteiger partial charge is 0.454 e. The molecule has 4 aromatic carbocycles. The fourth-order valence-electron chi connectivity index (χ4n) is 3.62. The molecule has 0 bridgehead atoms. The van der Waals surface area contributed by atoms with Gasteiger partial charge in [0.2, 0.25) is 0 Å². The highest BCUT2D eigenvalue weighted by Crippen LogP contribution is 2.28. The predicted molar refractivity (Wildman–Crippen MR) is 134 cm³/mol. The lowest BCUT2D eigenvalue weighted by Gasteiger charge is -2.13. The van der Waals surface area contributed by atoms with Crippen LogP contribution in [0.1, 0.15) is 41.4 Å². The van der Waals surface area contributed by atoms with Crippen LogP contribution in [0.2, 0.25) is 0 Å². The average Bonchev–Trinajstić information content (AvgIpc) is 2.95. The van der Waals surface area contributed by atoms with Crippen LogP contribution in [-0.2, 0) is 9.47 Å². The smallest absolute Gasteiger partial charge is 0.339 e. The third-order valence-electron chi connectivity index (χ3n) is 5.44. The number of carbonyl (C=O) groups is 4. The summed E-state index contributed by atoms with van der Waals surface area (Å²) in [5.41, 5.74) is 2.15. The Morgan fingerprint density at radius 2 is 0.778 bits per heavy atom. The lowest BCUT2D eigenvalue weighted by atomic mass is 9.95. The quantitative estimate of drug-likeness (QED) is 0.235. The molecule has 0 saturated heterocycles. The molecule has 0 aliphatic carbocycles. The number of Topliss-reactive ketones (excluding diaryl/α,β-unsaturated/α-hetero) is 2. The van der Waals surface area contributed by atoms with Gasteiger partial charge in [0.15, 0.2) is 24.8 Å². The molecule has 0 aliphatic heterocycles. The Balaban J connectivity index is 1.51. The Bertz CT molecular complexity index is 1280. The minimum absolute atomic E-state index is 0.193. The van der Waals surface area contributed by atoms with Gasteiger partial charge in [-0.15, -0.1) is 0 Å². The molecule has 0 amide bonds. The monoisotopic (exact) mass is 478 g/mol. The number of hydrogen-bond acceptors (Lipinski definition) is 6. The third kappa shape index (κ3) is 5.80. The van der Waals surface area contributed by atoms with Gasteiger partial charge in [0, 0.05) is 11.1 Å². The van der Waals surface area contributed by atoms with Crippen LogP contribution in [0.15, 0.2) is 109 Å². The Morgan fingerprint density at radius 1 is 0.444 bits per heavy atom. The maximum Gasteiger partial charge on any atom is 0.339 e. The van der Waals surface area contributed by atoms with E-state index >= 15 is 0 Å². The van der Waals surface area contributed by atoms with Crippen LogP contribution in [0.5, 0.6) is 0 Å². The Hall–Kier alpha value is -4.84. The SMILES string of the molecule is O=C(COC(=O)c1ccccc1-c1ccccc1C(=O)OCC(=O)c1ccccc1)c1ccccc1. The molecule has 0 atom stereocenters. The zero-order valence-corrected chi connectivity index (χ0v) is 19.3. The maximum atomic E-state index is 12.9. The molecule has 0 aliphatic rings. The van der Waals surface area contributed by atoms with E-state index < -0.39 is 25.2 Å². The maximum absolute atomic E-state index is 12.9. The number of hydrogen-bond donors (Lipinski definition) is 0. The summed E-state index contributed by atoms with van der Waals surface area (Å²) >= 11 is 0. The molecule has 0 spiro atoms. The number of ketones is 2. The third-order valence-corrected chi connectivity index (χ3v) is 5.44. The zero-order valence-electron chi connectivity index (χ0n) is 19.3. The molecule has 0 N–H and O–H groups in total. The molecule has 36 heavy (non-hydrogen) atoms. The van der Waals surface area contributed by atoms with E-state index in [9.17, 15) is 19.2 Å². The highest BCUT2D eigenvalue weighted by atomic mass is 16.5. The minimum atomic E-state index is -0.697. The molecule has 6 nitrogen and oxygen atoms in total. The van der Waals surface area contributed by atoms with Gasteiger partial charge in [0.1, 0.15) is 0 Å². The van der Waals surface area contributed by atoms with E-state index in [0.717, 1.165) is 0 Å². The van der Waals surface area contributed by atoms with Crippen LogP contribution in [0.3, 0.4) is 0 Å². The summed E-state index contributed by atoms with van der Waals surface area (Å²) in [5.74, 6) is -2.04. The van der Waals surface area contributed by atoms with Crippen LogP contribution in [0, 0.1) is 0 Å². The van der Waals surface area contributed by atoms with E-state index in [-0.39, 0.29) is 22.7 Å². The van der Waals surface area contributed by atoms with Gasteiger partial charge in [-0.3, -0.25) is 9.59 Å². The predicted octanol–water partition coefficient (Wildman–Crippen LogP) is 5.43. The summed E-state index contributed by atoms with van der Waals surface area (Å²) in [7, 11) is 0. The van der Waals surface area contributed by atoms with Crippen molar-refractivity contribution >= 4 is 23.5 Å². The van der Waals surface area contributed by atoms with Gasteiger partial charge in [-0.2, -0.15) is 0 Å². The molecule has 4 aromatic rings. The Kier molecular flexibility index (Phi) is 7.78. The van der Waals surface area contributed by atoms with Crippen molar-refractivity contribution in [2.75, 3.05) is 13.2 Å². The van der Waals surface area contributed by atoms with E-state index in [1.165, 1.54) is 0 Å². The minimum Gasteiger partial charge on any atom is -0.454 e. The van der Waals surface area contributed by atoms with E-state index in [0.29, 0.717) is 22.3 Å². The molecule has 6 heteroatoms. The van der Waals surface area contributed by atoms with Gasteiger partial charge in [-0.05, 0) is 23.3 Å². The molecular formula is C30H22O6. The second kappa shape index (κ2) is 11.5. The first-order chi connectivity index (χ1) is 17.5. The van der Waals surface area contributed by atoms with Crippen molar-refractivity contribution in [2.45, 2.75) is 0 Å². The average molecular weight is 479 g/mol. The first-order valence-corrected chi connectivity index (χ1v) is 11.2. The van der Waals surface area contributed by atoms with Crippen LogP contribution >= 0.6 is 0 Å². The Morgan fingerprint density at radius 3 is 1.17 bits per heavy atom. The lowest BCUT2D eigenvalue weighted by Crippen LogP contribution is -2.16. The van der Waals surface area contributed by atoms with Gasteiger partial charge in [0.05, 0.1) is 11.1 Å². The second-order valence-electron chi connectivity index (χ2n) is 7.82. The number of benzene rings is 4. The molecule has 0 saturated carbocycles.